The lowest BCUT2D eigenvalue weighted by Gasteiger charge is -2.29. The fourth-order valence-corrected chi connectivity index (χ4v) is 3.18. The molecule has 0 saturated carbocycles. The van der Waals surface area contributed by atoms with Crippen LogP contribution in [0.3, 0.4) is 0 Å². The SMILES string of the molecule is CCCCCCCCCC(=O)N1CCc2cc(N)ccc2C1. The van der Waals surface area contributed by atoms with E-state index in [-0.39, 0.29) is 0 Å². The number of nitrogens with zero attached hydrogens (tertiary/aromatic N) is 1. The van der Waals surface area contributed by atoms with Crippen LogP contribution < -0.4 is 5.73 Å². The van der Waals surface area contributed by atoms with Crippen LogP contribution in [-0.2, 0) is 17.8 Å². The molecule has 3 heteroatoms. The quantitative estimate of drug-likeness (QED) is 0.575. The molecular formula is C19H30N2O. The third kappa shape index (κ3) is 5.04. The van der Waals surface area contributed by atoms with Crippen LogP contribution in [0.15, 0.2) is 18.2 Å². The monoisotopic (exact) mass is 302 g/mol. The Bertz CT molecular complexity index is 484. The van der Waals surface area contributed by atoms with Crippen LogP contribution in [0.25, 0.3) is 0 Å². The molecule has 122 valence electrons. The first-order chi connectivity index (χ1) is 10.7. The van der Waals surface area contributed by atoms with Crippen LogP contribution in [0, 0.1) is 0 Å². The van der Waals surface area contributed by atoms with Crippen molar-refractivity contribution in [2.45, 2.75) is 71.3 Å². The zero-order valence-corrected chi connectivity index (χ0v) is 13.9. The molecule has 0 spiro atoms. The molecule has 1 aliphatic heterocycles. The number of fused-ring (bicyclic) bond motifs is 1. The van der Waals surface area contributed by atoms with Gasteiger partial charge in [-0.3, -0.25) is 4.79 Å². The van der Waals surface area contributed by atoms with E-state index in [1.54, 1.807) is 0 Å². The molecule has 1 heterocycles. The summed E-state index contributed by atoms with van der Waals surface area (Å²) in [5.41, 5.74) is 9.20. The Morgan fingerprint density at radius 3 is 2.59 bits per heavy atom. The Kier molecular flexibility index (Phi) is 6.75. The molecule has 0 fully saturated rings. The van der Waals surface area contributed by atoms with Gasteiger partial charge in [-0.25, -0.2) is 0 Å². The van der Waals surface area contributed by atoms with E-state index >= 15 is 0 Å². The number of carbonyl (C=O) groups excluding carboxylic acids is 1. The van der Waals surface area contributed by atoms with Crippen LogP contribution in [0.5, 0.6) is 0 Å². The van der Waals surface area contributed by atoms with Gasteiger partial charge in [0.1, 0.15) is 0 Å². The van der Waals surface area contributed by atoms with E-state index in [4.69, 9.17) is 5.73 Å². The second kappa shape index (κ2) is 8.82. The maximum absolute atomic E-state index is 12.3. The number of nitrogens with two attached hydrogens (primary N) is 1. The Morgan fingerprint density at radius 1 is 1.09 bits per heavy atom. The molecule has 0 aliphatic carbocycles. The van der Waals surface area contributed by atoms with Gasteiger partial charge in [-0.1, -0.05) is 51.5 Å². The number of unbranched alkanes of at least 4 members (excludes halogenated alkanes) is 6. The first-order valence-electron chi connectivity index (χ1n) is 8.85. The third-order valence-corrected chi connectivity index (χ3v) is 4.59. The molecule has 1 aromatic rings. The zero-order valence-electron chi connectivity index (χ0n) is 13.9. The summed E-state index contributed by atoms with van der Waals surface area (Å²) in [5.74, 6) is 0.316. The van der Waals surface area contributed by atoms with Crippen LogP contribution >= 0.6 is 0 Å². The number of nitrogen functional groups attached to an aromatic ring is 1. The average Bonchev–Trinajstić information content (AvgIpc) is 2.53. The largest absolute Gasteiger partial charge is 0.399 e. The molecule has 0 radical (unpaired) electrons. The first kappa shape index (κ1) is 16.9. The first-order valence-corrected chi connectivity index (χ1v) is 8.85. The molecular weight excluding hydrogens is 272 g/mol. The Morgan fingerprint density at radius 2 is 1.82 bits per heavy atom. The minimum atomic E-state index is 0.316. The Hall–Kier alpha value is -1.51. The van der Waals surface area contributed by atoms with Crippen molar-refractivity contribution in [2.75, 3.05) is 12.3 Å². The predicted octanol–water partition coefficient (Wildman–Crippen LogP) is 4.29. The molecule has 1 amide bonds. The van der Waals surface area contributed by atoms with Crippen LogP contribution in [0.4, 0.5) is 5.69 Å². The number of rotatable bonds is 8. The molecule has 0 aromatic heterocycles. The van der Waals surface area contributed by atoms with E-state index in [9.17, 15) is 4.79 Å². The highest BCUT2D eigenvalue weighted by atomic mass is 16.2. The van der Waals surface area contributed by atoms with Crippen LogP contribution in [0.1, 0.15) is 69.4 Å². The van der Waals surface area contributed by atoms with E-state index in [1.807, 2.05) is 17.0 Å². The third-order valence-electron chi connectivity index (χ3n) is 4.59. The van der Waals surface area contributed by atoms with Gasteiger partial charge in [-0.2, -0.15) is 0 Å². The molecule has 0 unspecified atom stereocenters. The number of carbonyl (C=O) groups is 1. The lowest BCUT2D eigenvalue weighted by molar-refractivity contribution is -0.132. The maximum Gasteiger partial charge on any atom is 0.222 e. The number of hydrogen-bond donors (Lipinski definition) is 1. The molecule has 0 atom stereocenters. The lowest BCUT2D eigenvalue weighted by atomic mass is 9.98. The van der Waals surface area contributed by atoms with Crippen LogP contribution in [0.2, 0.25) is 0 Å². The molecule has 2 N–H and O–H groups in total. The van der Waals surface area contributed by atoms with Gasteiger partial charge in [0.25, 0.3) is 0 Å². The minimum absolute atomic E-state index is 0.316. The summed E-state index contributed by atoms with van der Waals surface area (Å²) in [6, 6.07) is 6.05. The van der Waals surface area contributed by atoms with E-state index in [0.717, 1.165) is 31.6 Å². The zero-order chi connectivity index (χ0) is 15.8. The number of benzene rings is 1. The van der Waals surface area contributed by atoms with Crippen molar-refractivity contribution < 1.29 is 4.79 Å². The maximum atomic E-state index is 12.3. The number of hydrogen-bond acceptors (Lipinski definition) is 2. The molecule has 2 rings (SSSR count). The van der Waals surface area contributed by atoms with E-state index in [2.05, 4.69) is 13.0 Å². The van der Waals surface area contributed by atoms with Crippen molar-refractivity contribution in [1.82, 2.24) is 4.90 Å². The fourth-order valence-electron chi connectivity index (χ4n) is 3.18. The number of anilines is 1. The topological polar surface area (TPSA) is 46.3 Å². The van der Waals surface area contributed by atoms with Gasteiger partial charge in [0.2, 0.25) is 5.91 Å². The highest BCUT2D eigenvalue weighted by Gasteiger charge is 2.20. The summed E-state index contributed by atoms with van der Waals surface area (Å²) in [4.78, 5) is 14.3. The van der Waals surface area contributed by atoms with Crippen molar-refractivity contribution in [3.8, 4) is 0 Å². The average molecular weight is 302 g/mol. The second-order valence-electron chi connectivity index (χ2n) is 6.46. The van der Waals surface area contributed by atoms with Crippen molar-refractivity contribution in [3.63, 3.8) is 0 Å². The molecule has 0 saturated heterocycles. The summed E-state index contributed by atoms with van der Waals surface area (Å²) in [7, 11) is 0. The fraction of sp³-hybridized carbons (Fsp3) is 0.632. The predicted molar refractivity (Wildman–Crippen MR) is 92.6 cm³/mol. The van der Waals surface area contributed by atoms with Crippen molar-refractivity contribution in [1.29, 1.82) is 0 Å². The van der Waals surface area contributed by atoms with E-state index in [0.29, 0.717) is 12.3 Å². The summed E-state index contributed by atoms with van der Waals surface area (Å²) in [5, 5.41) is 0. The van der Waals surface area contributed by atoms with Gasteiger partial charge in [-0.15, -0.1) is 0 Å². The summed E-state index contributed by atoms with van der Waals surface area (Å²) in [6.07, 6.45) is 10.4. The van der Waals surface area contributed by atoms with Gasteiger partial charge in [0, 0.05) is 25.2 Å². The lowest BCUT2D eigenvalue weighted by Crippen LogP contribution is -2.35. The number of amides is 1. The van der Waals surface area contributed by atoms with E-state index < -0.39 is 0 Å². The van der Waals surface area contributed by atoms with Gasteiger partial charge in [0.15, 0.2) is 0 Å². The Balaban J connectivity index is 1.67. The van der Waals surface area contributed by atoms with Gasteiger partial charge >= 0.3 is 0 Å². The smallest absolute Gasteiger partial charge is 0.222 e. The highest BCUT2D eigenvalue weighted by molar-refractivity contribution is 5.76. The molecule has 22 heavy (non-hydrogen) atoms. The van der Waals surface area contributed by atoms with Crippen molar-refractivity contribution >= 4 is 11.6 Å². The van der Waals surface area contributed by atoms with Gasteiger partial charge < -0.3 is 10.6 Å². The van der Waals surface area contributed by atoms with E-state index in [1.165, 1.54) is 49.7 Å². The molecule has 0 bridgehead atoms. The summed E-state index contributed by atoms with van der Waals surface area (Å²) >= 11 is 0. The van der Waals surface area contributed by atoms with Crippen molar-refractivity contribution in [3.05, 3.63) is 29.3 Å². The molecule has 1 aliphatic rings. The van der Waals surface area contributed by atoms with Crippen LogP contribution in [-0.4, -0.2) is 17.4 Å². The molecule has 1 aromatic carbocycles. The highest BCUT2D eigenvalue weighted by Crippen LogP contribution is 2.22. The summed E-state index contributed by atoms with van der Waals surface area (Å²) in [6.45, 7) is 3.83. The second-order valence-corrected chi connectivity index (χ2v) is 6.46. The normalized spacial score (nSPS) is 14.0. The minimum Gasteiger partial charge on any atom is -0.399 e. The van der Waals surface area contributed by atoms with Gasteiger partial charge in [0.05, 0.1) is 0 Å². The summed E-state index contributed by atoms with van der Waals surface area (Å²) < 4.78 is 0. The Labute approximate surface area is 134 Å². The van der Waals surface area contributed by atoms with Crippen molar-refractivity contribution in [2.24, 2.45) is 0 Å². The standard InChI is InChI=1S/C19H30N2O/c1-2-3-4-5-6-7-8-9-19(22)21-13-12-16-14-18(20)11-10-17(16)15-21/h10-11,14H,2-9,12-13,15,20H2,1H3. The van der Waals surface area contributed by atoms with Gasteiger partial charge in [-0.05, 0) is 36.1 Å². The molecule has 3 nitrogen and oxygen atoms in total.